The van der Waals surface area contributed by atoms with Crippen LogP contribution in [0, 0.1) is 0 Å². The maximum Gasteiger partial charge on any atom is 0.119 e. The Labute approximate surface area is 122 Å². The molecular formula is C17H27NO2. The van der Waals surface area contributed by atoms with E-state index in [1.165, 1.54) is 24.8 Å². The zero-order valence-electron chi connectivity index (χ0n) is 12.7. The predicted octanol–water partition coefficient (Wildman–Crippen LogP) is 3.70. The predicted molar refractivity (Wildman–Crippen MR) is 82.2 cm³/mol. The first-order chi connectivity index (χ1) is 9.79. The van der Waals surface area contributed by atoms with E-state index in [0.29, 0.717) is 12.1 Å². The highest BCUT2D eigenvalue weighted by Gasteiger charge is 2.15. The summed E-state index contributed by atoms with van der Waals surface area (Å²) in [6.45, 7) is 6.96. The molecule has 1 N–H and O–H groups in total. The van der Waals surface area contributed by atoms with Crippen molar-refractivity contribution in [1.82, 2.24) is 5.32 Å². The van der Waals surface area contributed by atoms with E-state index in [9.17, 15) is 0 Å². The number of rotatable bonds is 7. The van der Waals surface area contributed by atoms with Gasteiger partial charge in [0.05, 0.1) is 12.7 Å². The van der Waals surface area contributed by atoms with Crippen molar-refractivity contribution in [3.05, 3.63) is 29.8 Å². The van der Waals surface area contributed by atoms with Crippen LogP contribution in [0.4, 0.5) is 0 Å². The van der Waals surface area contributed by atoms with Gasteiger partial charge in [-0.05, 0) is 50.3 Å². The standard InChI is InChI=1S/C17H27NO2/c1-3-11-19-16-9-7-15(8-10-16)14(2)18-13-17-6-4-5-12-20-17/h7-10,14,17-18H,3-6,11-13H2,1-2H3. The molecule has 1 saturated heterocycles. The van der Waals surface area contributed by atoms with Crippen LogP contribution in [-0.4, -0.2) is 25.9 Å². The van der Waals surface area contributed by atoms with E-state index in [1.54, 1.807) is 0 Å². The molecule has 20 heavy (non-hydrogen) atoms. The van der Waals surface area contributed by atoms with Gasteiger partial charge in [-0.15, -0.1) is 0 Å². The Kier molecular flexibility index (Phi) is 6.34. The molecule has 0 radical (unpaired) electrons. The molecule has 0 aromatic heterocycles. The largest absolute Gasteiger partial charge is 0.494 e. The van der Waals surface area contributed by atoms with Gasteiger partial charge in [0, 0.05) is 19.2 Å². The highest BCUT2D eigenvalue weighted by molar-refractivity contribution is 5.28. The molecule has 2 rings (SSSR count). The lowest BCUT2D eigenvalue weighted by Crippen LogP contribution is -2.33. The summed E-state index contributed by atoms with van der Waals surface area (Å²) in [6, 6.07) is 8.75. The summed E-state index contributed by atoms with van der Waals surface area (Å²) in [5.74, 6) is 0.957. The van der Waals surface area contributed by atoms with Crippen molar-refractivity contribution in [3.8, 4) is 5.75 Å². The SMILES string of the molecule is CCCOc1ccc(C(C)NCC2CCCCO2)cc1. The third-order valence-electron chi connectivity index (χ3n) is 3.78. The van der Waals surface area contributed by atoms with E-state index in [4.69, 9.17) is 9.47 Å². The van der Waals surface area contributed by atoms with E-state index in [2.05, 4.69) is 43.4 Å². The molecule has 0 saturated carbocycles. The molecule has 1 heterocycles. The number of nitrogens with one attached hydrogen (secondary N) is 1. The topological polar surface area (TPSA) is 30.5 Å². The Balaban J connectivity index is 1.77. The van der Waals surface area contributed by atoms with Crippen LogP contribution < -0.4 is 10.1 Å². The van der Waals surface area contributed by atoms with Crippen LogP contribution in [0.2, 0.25) is 0 Å². The van der Waals surface area contributed by atoms with E-state index >= 15 is 0 Å². The smallest absolute Gasteiger partial charge is 0.119 e. The Morgan fingerprint density at radius 2 is 2.10 bits per heavy atom. The Bertz CT molecular complexity index is 371. The first-order valence-electron chi connectivity index (χ1n) is 7.87. The van der Waals surface area contributed by atoms with Gasteiger partial charge >= 0.3 is 0 Å². The second kappa shape index (κ2) is 8.28. The molecule has 0 aliphatic carbocycles. The third kappa shape index (κ3) is 4.80. The lowest BCUT2D eigenvalue weighted by atomic mass is 10.1. The molecule has 0 amide bonds. The highest BCUT2D eigenvalue weighted by atomic mass is 16.5. The second-order valence-corrected chi connectivity index (χ2v) is 5.54. The molecule has 2 unspecified atom stereocenters. The Morgan fingerprint density at radius 3 is 2.75 bits per heavy atom. The molecule has 1 fully saturated rings. The van der Waals surface area contributed by atoms with Crippen LogP contribution >= 0.6 is 0 Å². The van der Waals surface area contributed by atoms with Crippen molar-refractivity contribution in [1.29, 1.82) is 0 Å². The fourth-order valence-electron chi connectivity index (χ4n) is 2.47. The molecule has 0 bridgehead atoms. The summed E-state index contributed by atoms with van der Waals surface area (Å²) in [4.78, 5) is 0. The minimum Gasteiger partial charge on any atom is -0.494 e. The Morgan fingerprint density at radius 1 is 1.30 bits per heavy atom. The molecule has 0 spiro atoms. The molecule has 1 aliphatic rings. The molecule has 1 aromatic carbocycles. The fraction of sp³-hybridized carbons (Fsp3) is 0.647. The van der Waals surface area contributed by atoms with Crippen molar-refractivity contribution in [2.75, 3.05) is 19.8 Å². The quantitative estimate of drug-likeness (QED) is 0.824. The molecule has 112 valence electrons. The monoisotopic (exact) mass is 277 g/mol. The first kappa shape index (κ1) is 15.3. The van der Waals surface area contributed by atoms with Crippen molar-refractivity contribution in [2.45, 2.75) is 51.7 Å². The van der Waals surface area contributed by atoms with Gasteiger partial charge in [-0.2, -0.15) is 0 Å². The number of ether oxygens (including phenoxy) is 2. The Hall–Kier alpha value is -1.06. The van der Waals surface area contributed by atoms with Crippen LogP contribution in [0.3, 0.4) is 0 Å². The van der Waals surface area contributed by atoms with Gasteiger partial charge in [0.15, 0.2) is 0 Å². The van der Waals surface area contributed by atoms with Crippen LogP contribution in [0.5, 0.6) is 5.75 Å². The summed E-state index contributed by atoms with van der Waals surface area (Å²) in [5.41, 5.74) is 1.30. The van der Waals surface area contributed by atoms with Crippen LogP contribution in [-0.2, 0) is 4.74 Å². The van der Waals surface area contributed by atoms with E-state index < -0.39 is 0 Å². The van der Waals surface area contributed by atoms with Crippen molar-refractivity contribution in [3.63, 3.8) is 0 Å². The summed E-state index contributed by atoms with van der Waals surface area (Å²) >= 11 is 0. The van der Waals surface area contributed by atoms with E-state index in [0.717, 1.165) is 31.9 Å². The zero-order valence-corrected chi connectivity index (χ0v) is 12.7. The normalized spacial score (nSPS) is 20.6. The van der Waals surface area contributed by atoms with Gasteiger partial charge < -0.3 is 14.8 Å². The summed E-state index contributed by atoms with van der Waals surface area (Å²) in [5, 5.41) is 3.57. The second-order valence-electron chi connectivity index (χ2n) is 5.54. The van der Waals surface area contributed by atoms with Crippen LogP contribution in [0.1, 0.15) is 51.1 Å². The minimum absolute atomic E-state index is 0.348. The van der Waals surface area contributed by atoms with Gasteiger partial charge in [0.2, 0.25) is 0 Å². The van der Waals surface area contributed by atoms with Gasteiger partial charge in [0.1, 0.15) is 5.75 Å². The van der Waals surface area contributed by atoms with Gasteiger partial charge in [0.25, 0.3) is 0 Å². The van der Waals surface area contributed by atoms with Gasteiger partial charge in [-0.25, -0.2) is 0 Å². The fourth-order valence-corrected chi connectivity index (χ4v) is 2.47. The first-order valence-corrected chi connectivity index (χ1v) is 7.87. The van der Waals surface area contributed by atoms with Crippen molar-refractivity contribution < 1.29 is 9.47 Å². The third-order valence-corrected chi connectivity index (χ3v) is 3.78. The average Bonchev–Trinajstić information content (AvgIpc) is 2.52. The average molecular weight is 277 g/mol. The molecule has 3 heteroatoms. The van der Waals surface area contributed by atoms with Gasteiger partial charge in [-0.1, -0.05) is 19.1 Å². The number of hydrogen-bond donors (Lipinski definition) is 1. The number of benzene rings is 1. The maximum atomic E-state index is 5.75. The molecular weight excluding hydrogens is 250 g/mol. The molecule has 2 atom stereocenters. The molecule has 3 nitrogen and oxygen atoms in total. The summed E-state index contributed by atoms with van der Waals surface area (Å²) in [6.07, 6.45) is 5.12. The minimum atomic E-state index is 0.348. The van der Waals surface area contributed by atoms with Crippen LogP contribution in [0.25, 0.3) is 0 Å². The van der Waals surface area contributed by atoms with E-state index in [-0.39, 0.29) is 0 Å². The summed E-state index contributed by atoms with van der Waals surface area (Å²) in [7, 11) is 0. The lowest BCUT2D eigenvalue weighted by Gasteiger charge is -2.25. The highest BCUT2D eigenvalue weighted by Crippen LogP contribution is 2.19. The van der Waals surface area contributed by atoms with Gasteiger partial charge in [-0.3, -0.25) is 0 Å². The maximum absolute atomic E-state index is 5.75. The van der Waals surface area contributed by atoms with Crippen molar-refractivity contribution >= 4 is 0 Å². The molecule has 1 aliphatic heterocycles. The van der Waals surface area contributed by atoms with Crippen LogP contribution in [0.15, 0.2) is 24.3 Å². The molecule has 1 aromatic rings. The summed E-state index contributed by atoms with van der Waals surface area (Å²) < 4.78 is 11.3. The van der Waals surface area contributed by atoms with Crippen molar-refractivity contribution in [2.24, 2.45) is 0 Å². The number of hydrogen-bond acceptors (Lipinski definition) is 3. The zero-order chi connectivity index (χ0) is 14.2. The lowest BCUT2D eigenvalue weighted by molar-refractivity contribution is 0.0156. The van der Waals surface area contributed by atoms with E-state index in [1.807, 2.05) is 0 Å².